The molecular formula is C20H19BrN2OS. The zero-order valence-corrected chi connectivity index (χ0v) is 16.4. The van der Waals surface area contributed by atoms with Gasteiger partial charge in [-0.3, -0.25) is 0 Å². The van der Waals surface area contributed by atoms with E-state index in [2.05, 4.69) is 51.6 Å². The van der Waals surface area contributed by atoms with Crippen LogP contribution in [0.1, 0.15) is 34.9 Å². The maximum atomic E-state index is 5.38. The highest BCUT2D eigenvalue weighted by Gasteiger charge is 2.26. The van der Waals surface area contributed by atoms with Crippen LogP contribution in [0.5, 0.6) is 5.75 Å². The largest absolute Gasteiger partial charge is 0.495 e. The summed E-state index contributed by atoms with van der Waals surface area (Å²) in [4.78, 5) is 6.35. The van der Waals surface area contributed by atoms with Crippen molar-refractivity contribution in [1.29, 1.82) is 0 Å². The van der Waals surface area contributed by atoms with Crippen LogP contribution >= 0.6 is 27.3 Å². The average molecular weight is 415 g/mol. The van der Waals surface area contributed by atoms with Gasteiger partial charge in [0.1, 0.15) is 5.75 Å². The van der Waals surface area contributed by atoms with Crippen molar-refractivity contribution in [2.75, 3.05) is 12.4 Å². The summed E-state index contributed by atoms with van der Waals surface area (Å²) in [5.74, 6) is 1.23. The Kier molecular flexibility index (Phi) is 4.77. The number of benzene rings is 2. The minimum atomic E-state index is 0.413. The molecule has 0 radical (unpaired) electrons. The van der Waals surface area contributed by atoms with E-state index in [1.807, 2.05) is 18.2 Å². The van der Waals surface area contributed by atoms with Crippen molar-refractivity contribution >= 4 is 38.1 Å². The van der Waals surface area contributed by atoms with E-state index in [-0.39, 0.29) is 0 Å². The third-order valence-electron chi connectivity index (χ3n) is 4.56. The monoisotopic (exact) mass is 414 g/mol. The average Bonchev–Trinajstić information content (AvgIpc) is 3.06. The van der Waals surface area contributed by atoms with Crippen LogP contribution < -0.4 is 10.1 Å². The first kappa shape index (κ1) is 16.6. The molecule has 3 nitrogen and oxygen atoms in total. The van der Waals surface area contributed by atoms with Crippen molar-refractivity contribution in [2.45, 2.75) is 25.2 Å². The molecule has 2 aromatic carbocycles. The molecule has 1 N–H and O–H groups in total. The Bertz CT molecular complexity index is 879. The molecule has 1 heterocycles. The van der Waals surface area contributed by atoms with Gasteiger partial charge in [0.05, 0.1) is 17.3 Å². The van der Waals surface area contributed by atoms with Gasteiger partial charge in [-0.2, -0.15) is 0 Å². The number of thiazole rings is 1. The number of fused-ring (bicyclic) bond motifs is 1. The van der Waals surface area contributed by atoms with Crippen molar-refractivity contribution in [3.63, 3.8) is 0 Å². The summed E-state index contributed by atoms with van der Waals surface area (Å²) in [6.45, 7) is 0. The second-order valence-electron chi connectivity index (χ2n) is 6.16. The SMILES string of the molecule is COc1cc(Nc2nc3c(s2)CCCC3c2ccccc2)ccc1Br. The van der Waals surface area contributed by atoms with Crippen LogP contribution in [0, 0.1) is 0 Å². The molecule has 1 aromatic heterocycles. The van der Waals surface area contributed by atoms with Gasteiger partial charge < -0.3 is 10.1 Å². The Morgan fingerprint density at radius 2 is 2.04 bits per heavy atom. The number of ether oxygens (including phenoxy) is 1. The van der Waals surface area contributed by atoms with Crippen LogP contribution in [0.2, 0.25) is 0 Å². The van der Waals surface area contributed by atoms with E-state index in [0.29, 0.717) is 5.92 Å². The number of halogens is 1. The molecule has 1 unspecified atom stereocenters. The summed E-state index contributed by atoms with van der Waals surface area (Å²) in [5.41, 5.74) is 3.60. The van der Waals surface area contributed by atoms with Gasteiger partial charge in [0.2, 0.25) is 0 Å². The molecule has 0 aliphatic heterocycles. The summed E-state index contributed by atoms with van der Waals surface area (Å²) in [5, 5.41) is 4.40. The molecule has 1 aliphatic carbocycles. The highest BCUT2D eigenvalue weighted by molar-refractivity contribution is 9.10. The van der Waals surface area contributed by atoms with Crippen molar-refractivity contribution in [2.24, 2.45) is 0 Å². The van der Waals surface area contributed by atoms with Crippen molar-refractivity contribution in [3.8, 4) is 5.75 Å². The maximum absolute atomic E-state index is 5.38. The lowest BCUT2D eigenvalue weighted by Crippen LogP contribution is -2.09. The Morgan fingerprint density at radius 3 is 2.84 bits per heavy atom. The highest BCUT2D eigenvalue weighted by Crippen LogP contribution is 2.41. The number of hydrogen-bond donors (Lipinski definition) is 1. The van der Waals surface area contributed by atoms with Gasteiger partial charge >= 0.3 is 0 Å². The molecule has 5 heteroatoms. The lowest BCUT2D eigenvalue weighted by molar-refractivity contribution is 0.412. The highest BCUT2D eigenvalue weighted by atomic mass is 79.9. The fourth-order valence-electron chi connectivity index (χ4n) is 3.34. The van der Waals surface area contributed by atoms with Gasteiger partial charge in [-0.15, -0.1) is 11.3 Å². The molecule has 0 amide bonds. The van der Waals surface area contributed by atoms with E-state index in [1.165, 1.54) is 29.0 Å². The van der Waals surface area contributed by atoms with Crippen molar-refractivity contribution in [3.05, 3.63) is 69.1 Å². The van der Waals surface area contributed by atoms with E-state index in [9.17, 15) is 0 Å². The summed E-state index contributed by atoms with van der Waals surface area (Å²) in [6, 6.07) is 16.7. The Labute approximate surface area is 160 Å². The summed E-state index contributed by atoms with van der Waals surface area (Å²) < 4.78 is 6.32. The van der Waals surface area contributed by atoms with Gasteiger partial charge in [0, 0.05) is 22.5 Å². The second kappa shape index (κ2) is 7.18. The smallest absolute Gasteiger partial charge is 0.187 e. The number of aromatic nitrogens is 1. The number of nitrogens with zero attached hydrogens (tertiary/aromatic N) is 1. The number of anilines is 2. The number of rotatable bonds is 4. The van der Waals surface area contributed by atoms with Crippen LogP contribution in [0.15, 0.2) is 53.0 Å². The standard InChI is InChI=1S/C20H19BrN2OS/c1-24-17-12-14(10-11-16(17)21)22-20-23-19-15(8-5-9-18(19)25-20)13-6-3-2-4-7-13/h2-4,6-7,10-12,15H,5,8-9H2,1H3,(H,22,23). The minimum Gasteiger partial charge on any atom is -0.495 e. The predicted molar refractivity (Wildman–Crippen MR) is 107 cm³/mol. The summed E-state index contributed by atoms with van der Waals surface area (Å²) >= 11 is 5.26. The van der Waals surface area contributed by atoms with E-state index in [0.717, 1.165) is 27.5 Å². The Morgan fingerprint density at radius 1 is 1.20 bits per heavy atom. The Hall–Kier alpha value is -1.85. The molecule has 0 bridgehead atoms. The van der Waals surface area contributed by atoms with Crippen LogP contribution in [0.3, 0.4) is 0 Å². The van der Waals surface area contributed by atoms with Gasteiger partial charge in [-0.05, 0) is 52.9 Å². The molecule has 3 aromatic rings. The molecule has 0 saturated heterocycles. The van der Waals surface area contributed by atoms with E-state index in [4.69, 9.17) is 9.72 Å². The summed E-state index contributed by atoms with van der Waals surface area (Å²) in [7, 11) is 1.68. The molecule has 1 aliphatic rings. The number of hydrogen-bond acceptors (Lipinski definition) is 4. The number of aryl methyl sites for hydroxylation is 1. The molecule has 0 spiro atoms. The molecular weight excluding hydrogens is 396 g/mol. The van der Waals surface area contributed by atoms with Gasteiger partial charge in [-0.1, -0.05) is 30.3 Å². The molecule has 0 saturated carbocycles. The molecule has 25 heavy (non-hydrogen) atoms. The fourth-order valence-corrected chi connectivity index (χ4v) is 4.84. The normalized spacial score (nSPS) is 16.3. The quantitative estimate of drug-likeness (QED) is 0.557. The van der Waals surface area contributed by atoms with Crippen LogP contribution in [0.4, 0.5) is 10.8 Å². The molecule has 1 atom stereocenters. The van der Waals surface area contributed by atoms with Crippen molar-refractivity contribution < 1.29 is 4.74 Å². The van der Waals surface area contributed by atoms with Gasteiger partial charge in [0.15, 0.2) is 5.13 Å². The van der Waals surface area contributed by atoms with E-state index in [1.54, 1.807) is 18.4 Å². The molecule has 4 rings (SSSR count). The van der Waals surface area contributed by atoms with E-state index >= 15 is 0 Å². The first-order valence-corrected chi connectivity index (χ1v) is 10.0. The molecule has 0 fully saturated rings. The predicted octanol–water partition coefficient (Wildman–Crippen LogP) is 6.13. The van der Waals surface area contributed by atoms with Gasteiger partial charge in [0.25, 0.3) is 0 Å². The van der Waals surface area contributed by atoms with E-state index < -0.39 is 0 Å². The summed E-state index contributed by atoms with van der Waals surface area (Å²) in [6.07, 6.45) is 3.52. The lowest BCUT2D eigenvalue weighted by Gasteiger charge is -2.21. The second-order valence-corrected chi connectivity index (χ2v) is 8.10. The first-order chi connectivity index (χ1) is 12.2. The Balaban J connectivity index is 1.62. The zero-order valence-electron chi connectivity index (χ0n) is 14.0. The fraction of sp³-hybridized carbons (Fsp3) is 0.250. The van der Waals surface area contributed by atoms with Crippen LogP contribution in [0.25, 0.3) is 0 Å². The van der Waals surface area contributed by atoms with Crippen LogP contribution in [-0.4, -0.2) is 12.1 Å². The van der Waals surface area contributed by atoms with Crippen LogP contribution in [-0.2, 0) is 6.42 Å². The number of methoxy groups -OCH3 is 1. The number of nitrogens with one attached hydrogen (secondary N) is 1. The lowest BCUT2D eigenvalue weighted by atomic mass is 9.85. The van der Waals surface area contributed by atoms with Crippen molar-refractivity contribution in [1.82, 2.24) is 4.98 Å². The first-order valence-electron chi connectivity index (χ1n) is 8.39. The maximum Gasteiger partial charge on any atom is 0.187 e. The molecule has 128 valence electrons. The van der Waals surface area contributed by atoms with Gasteiger partial charge in [-0.25, -0.2) is 4.98 Å². The topological polar surface area (TPSA) is 34.1 Å². The zero-order chi connectivity index (χ0) is 17.2. The third-order valence-corrected chi connectivity index (χ3v) is 6.26. The minimum absolute atomic E-state index is 0.413. The third kappa shape index (κ3) is 3.44.